The maximum Gasteiger partial charge on any atom is 0.335 e. The molecule has 0 bridgehead atoms. The molecule has 2 N–H and O–H groups in total. The summed E-state index contributed by atoms with van der Waals surface area (Å²) < 4.78 is 4.94. The smallest absolute Gasteiger partial charge is 0.335 e. The molecule has 0 spiro atoms. The lowest BCUT2D eigenvalue weighted by Gasteiger charge is -2.29. The highest BCUT2D eigenvalue weighted by molar-refractivity contribution is 5.95. The first-order valence-electron chi connectivity index (χ1n) is 7.04. The van der Waals surface area contributed by atoms with Crippen LogP contribution in [0.25, 0.3) is 0 Å². The lowest BCUT2D eigenvalue weighted by Crippen LogP contribution is -2.43. The number of hydrogen-bond donors (Lipinski definition) is 2. The van der Waals surface area contributed by atoms with Gasteiger partial charge in [0.05, 0.1) is 5.56 Å². The molecule has 0 unspecified atom stereocenters. The number of methoxy groups -OCH3 is 1. The Morgan fingerprint density at radius 3 is 2.95 bits per heavy atom. The number of carbonyl (C=O) groups excluding carboxylic acids is 1. The number of aryl methyl sites for hydroxylation is 1. The summed E-state index contributed by atoms with van der Waals surface area (Å²) in [6.45, 7) is 1.82. The Balaban J connectivity index is 2.07. The van der Waals surface area contributed by atoms with Gasteiger partial charge in [0.15, 0.2) is 0 Å². The Morgan fingerprint density at radius 2 is 2.24 bits per heavy atom. The Morgan fingerprint density at radius 1 is 1.43 bits per heavy atom. The molecule has 6 heteroatoms. The SMILES string of the molecule is COCCCNC(=O)N1CCCc2cc(C(=O)O)ccc21. The van der Waals surface area contributed by atoms with Gasteiger partial charge in [-0.05, 0) is 43.0 Å². The fourth-order valence-electron chi connectivity index (χ4n) is 2.45. The number of amides is 2. The van der Waals surface area contributed by atoms with Crippen molar-refractivity contribution >= 4 is 17.7 Å². The van der Waals surface area contributed by atoms with E-state index < -0.39 is 5.97 Å². The topological polar surface area (TPSA) is 78.9 Å². The van der Waals surface area contributed by atoms with Crippen molar-refractivity contribution in [2.75, 3.05) is 31.7 Å². The van der Waals surface area contributed by atoms with E-state index in [-0.39, 0.29) is 11.6 Å². The molecule has 0 aromatic heterocycles. The van der Waals surface area contributed by atoms with Crippen molar-refractivity contribution in [3.8, 4) is 0 Å². The van der Waals surface area contributed by atoms with E-state index in [9.17, 15) is 9.59 Å². The number of fused-ring (bicyclic) bond motifs is 1. The Bertz CT molecular complexity index is 530. The fraction of sp³-hybridized carbons (Fsp3) is 0.467. The molecule has 1 aliphatic rings. The number of aromatic carboxylic acids is 1. The number of carbonyl (C=O) groups is 2. The van der Waals surface area contributed by atoms with Gasteiger partial charge in [-0.25, -0.2) is 9.59 Å². The summed E-state index contributed by atoms with van der Waals surface area (Å²) in [5.74, 6) is -0.945. The van der Waals surface area contributed by atoms with Crippen LogP contribution < -0.4 is 10.2 Å². The molecule has 0 saturated carbocycles. The molecule has 0 atom stereocenters. The molecular formula is C15H20N2O4. The largest absolute Gasteiger partial charge is 0.478 e. The number of carboxylic acids is 1. The number of rotatable bonds is 5. The van der Waals surface area contributed by atoms with Crippen molar-refractivity contribution in [2.24, 2.45) is 0 Å². The van der Waals surface area contributed by atoms with Crippen molar-refractivity contribution in [1.82, 2.24) is 5.32 Å². The van der Waals surface area contributed by atoms with Gasteiger partial charge in [0.2, 0.25) is 0 Å². The van der Waals surface area contributed by atoms with Gasteiger partial charge in [0, 0.05) is 32.5 Å². The highest BCUT2D eigenvalue weighted by Crippen LogP contribution is 2.28. The summed E-state index contributed by atoms with van der Waals surface area (Å²) in [5.41, 5.74) is 1.97. The van der Waals surface area contributed by atoms with E-state index in [0.29, 0.717) is 19.7 Å². The summed E-state index contributed by atoms with van der Waals surface area (Å²) in [7, 11) is 1.63. The van der Waals surface area contributed by atoms with Gasteiger partial charge in [0.25, 0.3) is 0 Å². The van der Waals surface area contributed by atoms with Crippen LogP contribution >= 0.6 is 0 Å². The van der Waals surface area contributed by atoms with Crippen LogP contribution in [0.2, 0.25) is 0 Å². The Kier molecular flexibility index (Phi) is 5.16. The average molecular weight is 292 g/mol. The molecule has 1 aromatic rings. The summed E-state index contributed by atoms with van der Waals surface area (Å²) in [6.07, 6.45) is 2.40. The molecule has 0 aliphatic carbocycles. The van der Waals surface area contributed by atoms with E-state index >= 15 is 0 Å². The summed E-state index contributed by atoms with van der Waals surface area (Å²) >= 11 is 0. The zero-order chi connectivity index (χ0) is 15.2. The fourth-order valence-corrected chi connectivity index (χ4v) is 2.45. The Hall–Kier alpha value is -2.08. The normalized spacial score (nSPS) is 13.7. The van der Waals surface area contributed by atoms with Crippen molar-refractivity contribution in [1.29, 1.82) is 0 Å². The van der Waals surface area contributed by atoms with Crippen LogP contribution in [0.3, 0.4) is 0 Å². The number of ether oxygens (including phenoxy) is 1. The molecular weight excluding hydrogens is 272 g/mol. The van der Waals surface area contributed by atoms with Crippen LogP contribution in [-0.2, 0) is 11.2 Å². The van der Waals surface area contributed by atoms with Crippen LogP contribution in [0.5, 0.6) is 0 Å². The monoisotopic (exact) mass is 292 g/mol. The van der Waals surface area contributed by atoms with E-state index in [1.807, 2.05) is 0 Å². The van der Waals surface area contributed by atoms with Crippen LogP contribution in [0, 0.1) is 0 Å². The second kappa shape index (κ2) is 7.08. The van der Waals surface area contributed by atoms with E-state index in [2.05, 4.69) is 5.32 Å². The summed E-state index contributed by atoms with van der Waals surface area (Å²) in [5, 5.41) is 11.9. The molecule has 0 radical (unpaired) electrons. The highest BCUT2D eigenvalue weighted by atomic mass is 16.5. The molecule has 1 aliphatic heterocycles. The van der Waals surface area contributed by atoms with Gasteiger partial charge >= 0.3 is 12.0 Å². The third-order valence-corrected chi connectivity index (χ3v) is 3.49. The maximum atomic E-state index is 12.2. The van der Waals surface area contributed by atoms with Crippen molar-refractivity contribution in [3.05, 3.63) is 29.3 Å². The van der Waals surface area contributed by atoms with Crippen LogP contribution in [-0.4, -0.2) is 43.9 Å². The number of anilines is 1. The predicted molar refractivity (Wildman–Crippen MR) is 79.0 cm³/mol. The van der Waals surface area contributed by atoms with Gasteiger partial charge in [-0.2, -0.15) is 0 Å². The third kappa shape index (κ3) is 3.72. The lowest BCUT2D eigenvalue weighted by atomic mass is 9.99. The summed E-state index contributed by atoms with van der Waals surface area (Å²) in [4.78, 5) is 24.9. The molecule has 21 heavy (non-hydrogen) atoms. The lowest BCUT2D eigenvalue weighted by molar-refractivity contribution is 0.0696. The number of nitrogens with one attached hydrogen (secondary N) is 1. The van der Waals surface area contributed by atoms with E-state index in [4.69, 9.17) is 9.84 Å². The minimum Gasteiger partial charge on any atom is -0.478 e. The number of nitrogens with zero attached hydrogens (tertiary/aromatic N) is 1. The maximum absolute atomic E-state index is 12.2. The molecule has 0 saturated heterocycles. The number of urea groups is 1. The molecule has 6 nitrogen and oxygen atoms in total. The zero-order valence-electron chi connectivity index (χ0n) is 12.1. The van der Waals surface area contributed by atoms with Gasteiger partial charge < -0.3 is 15.2 Å². The highest BCUT2D eigenvalue weighted by Gasteiger charge is 2.23. The first kappa shape index (κ1) is 15.3. The predicted octanol–water partition coefficient (Wildman–Crippen LogP) is 1.88. The van der Waals surface area contributed by atoms with Crippen LogP contribution in [0.1, 0.15) is 28.8 Å². The number of hydrogen-bond acceptors (Lipinski definition) is 3. The third-order valence-electron chi connectivity index (χ3n) is 3.49. The van der Waals surface area contributed by atoms with Gasteiger partial charge in [-0.3, -0.25) is 4.90 Å². The van der Waals surface area contributed by atoms with Crippen LogP contribution in [0.15, 0.2) is 18.2 Å². The van der Waals surface area contributed by atoms with Gasteiger partial charge in [-0.1, -0.05) is 0 Å². The standard InChI is InChI=1S/C15H20N2O4/c1-21-9-3-7-16-15(20)17-8-2-4-11-10-12(14(18)19)5-6-13(11)17/h5-6,10H,2-4,7-9H2,1H3,(H,16,20)(H,18,19). The molecule has 1 heterocycles. The molecule has 1 aromatic carbocycles. The average Bonchev–Trinajstić information content (AvgIpc) is 2.50. The second-order valence-electron chi connectivity index (χ2n) is 4.98. The van der Waals surface area contributed by atoms with Crippen molar-refractivity contribution < 1.29 is 19.4 Å². The molecule has 2 amide bonds. The van der Waals surface area contributed by atoms with Crippen molar-refractivity contribution in [3.63, 3.8) is 0 Å². The van der Waals surface area contributed by atoms with Crippen molar-refractivity contribution in [2.45, 2.75) is 19.3 Å². The second-order valence-corrected chi connectivity index (χ2v) is 4.98. The number of carboxylic acid groups (broad SMARTS) is 1. The molecule has 0 fully saturated rings. The first-order valence-corrected chi connectivity index (χ1v) is 7.04. The quantitative estimate of drug-likeness (QED) is 0.812. The Labute approximate surface area is 123 Å². The number of benzene rings is 1. The molecule has 2 rings (SSSR count). The minimum atomic E-state index is -0.945. The van der Waals surface area contributed by atoms with E-state index in [1.54, 1.807) is 24.1 Å². The summed E-state index contributed by atoms with van der Waals surface area (Å²) in [6, 6.07) is 4.77. The first-order chi connectivity index (χ1) is 10.1. The van der Waals surface area contributed by atoms with E-state index in [0.717, 1.165) is 30.5 Å². The van der Waals surface area contributed by atoms with Gasteiger partial charge in [0.1, 0.15) is 0 Å². The van der Waals surface area contributed by atoms with Gasteiger partial charge in [-0.15, -0.1) is 0 Å². The van der Waals surface area contributed by atoms with Crippen LogP contribution in [0.4, 0.5) is 10.5 Å². The van der Waals surface area contributed by atoms with E-state index in [1.165, 1.54) is 6.07 Å². The minimum absolute atomic E-state index is 0.143. The zero-order valence-corrected chi connectivity index (χ0v) is 12.1. The molecule has 114 valence electrons.